The summed E-state index contributed by atoms with van der Waals surface area (Å²) in [6, 6.07) is 59.8. The van der Waals surface area contributed by atoms with E-state index in [4.69, 9.17) is 49.0 Å². The van der Waals surface area contributed by atoms with Crippen molar-refractivity contribution in [3.63, 3.8) is 0 Å². The Morgan fingerprint density at radius 1 is 0.253 bits per heavy atom. The van der Waals surface area contributed by atoms with Crippen molar-refractivity contribution in [3.05, 3.63) is 182 Å². The van der Waals surface area contributed by atoms with Gasteiger partial charge in [0.2, 0.25) is 0 Å². The molecule has 6 aromatic rings. The highest BCUT2D eigenvalue weighted by atomic mass is 28.4. The van der Waals surface area contributed by atoms with Crippen LogP contribution in [0.3, 0.4) is 0 Å². The van der Waals surface area contributed by atoms with Crippen molar-refractivity contribution >= 4 is 56.1 Å². The highest BCUT2D eigenvalue weighted by Crippen LogP contribution is 2.39. The van der Waals surface area contributed by atoms with Crippen LogP contribution in [-0.2, 0) is 13.3 Å². The van der Waals surface area contributed by atoms with Gasteiger partial charge in [-0.1, -0.05) is 244 Å². The van der Waals surface area contributed by atoms with Crippen LogP contribution in [-0.4, -0.2) is 214 Å². The molecule has 0 aromatic heterocycles. The Balaban J connectivity index is 0.000000335. The third kappa shape index (κ3) is 18.5. The van der Waals surface area contributed by atoms with Crippen LogP contribution in [0.2, 0.25) is 15.1 Å². The zero-order valence-electron chi connectivity index (χ0n) is 51.4. The van der Waals surface area contributed by atoms with E-state index in [1.807, 2.05) is 182 Å². The molecule has 0 bridgehead atoms. The second-order valence-electron chi connectivity index (χ2n) is 24.8. The average molecular weight is 1260 g/mol. The maximum Gasteiger partial charge on any atom is 0.261 e. The van der Waals surface area contributed by atoms with E-state index in [0.717, 1.165) is 31.1 Å². The molecular formula is C66H96O18Si3. The summed E-state index contributed by atoms with van der Waals surface area (Å²) in [6.45, 7) is 16.2. The number of aliphatic hydroxyl groups is 15. The minimum atomic E-state index is -2.99. The molecule has 12 atom stereocenters. The molecule has 480 valence electrons. The predicted octanol–water partition coefficient (Wildman–Crippen LogP) is -0.00330. The van der Waals surface area contributed by atoms with Gasteiger partial charge in [0, 0.05) is 0 Å². The second kappa shape index (κ2) is 33.9. The fourth-order valence-corrected chi connectivity index (χ4v) is 24.6. The SMILES string of the molecule is CC(C)(C)[Si](OC[C@@H](O)[C@@H](O)[C@H](O)[C@H](O)CO)(c1ccccc1)c1ccccc1.CC(C)(C)[Si](OC[C@@H](O)[C@@H](O)[C@H](O)[C@H](O)CO[Si](c1ccccc1)(c1ccccc1)C(C)(C)C)(c1ccccc1)c1ccccc1.OC[C@@H](O)[C@@H](O)[C@H](O)[C@H](O)CO. The van der Waals surface area contributed by atoms with E-state index >= 15 is 0 Å². The molecule has 0 amide bonds. The molecule has 0 aliphatic carbocycles. The van der Waals surface area contributed by atoms with Gasteiger partial charge in [0.1, 0.15) is 73.2 Å². The van der Waals surface area contributed by atoms with Crippen molar-refractivity contribution in [1.29, 1.82) is 0 Å². The zero-order chi connectivity index (χ0) is 65.0. The summed E-state index contributed by atoms with van der Waals surface area (Å²) in [6.07, 6.45) is -19.0. The third-order valence-electron chi connectivity index (χ3n) is 15.6. The molecular weight excluding hydrogens is 1160 g/mol. The molecule has 0 aliphatic heterocycles. The Morgan fingerprint density at radius 2 is 0.391 bits per heavy atom. The van der Waals surface area contributed by atoms with Crippen molar-refractivity contribution < 1.29 is 89.9 Å². The Bertz CT molecular complexity index is 2570. The smallest absolute Gasteiger partial charge is 0.261 e. The van der Waals surface area contributed by atoms with Crippen LogP contribution >= 0.6 is 0 Å². The standard InChI is InChI=1S/C38H50O6Si2.C22H32O6Si.C6H14O6/c1-37(2,3)45(29-19-11-7-12-20-29,30-21-13-8-14-22-30)43-27-33(39)35(41)36(42)34(40)28-44-46(38(4,5)6,31-23-15-9-16-24-31)32-25-17-10-18-26-32;1-22(2,3)29(16-10-6-4-7-11-16,17-12-8-5-9-13-17)28-15-19(25)21(27)20(26)18(24)14-23;7-1-3(9)5(11)6(12)4(10)2-8/h7-26,33-36,39-42H,27-28H2,1-6H3;4-13,18-21,23-27H,14-15H2,1-3H3;3-12H,1-2H2/t33-,34-,35-,36-;18-,19-,20-,21-;3-,4-,5-,6-/m111/s1. The number of rotatable bonds is 27. The summed E-state index contributed by atoms with van der Waals surface area (Å²) in [4.78, 5) is 0. The number of aliphatic hydroxyl groups excluding tert-OH is 15. The molecule has 0 saturated heterocycles. The van der Waals surface area contributed by atoms with E-state index in [2.05, 4.69) is 62.3 Å². The Kier molecular flexibility index (Phi) is 29.1. The second-order valence-corrected chi connectivity index (χ2v) is 37.7. The minimum Gasteiger partial charge on any atom is -0.405 e. The molecule has 6 rings (SSSR count). The van der Waals surface area contributed by atoms with E-state index in [1.165, 1.54) is 0 Å². The van der Waals surface area contributed by atoms with Gasteiger partial charge >= 0.3 is 0 Å². The fraction of sp³-hybridized carbons (Fsp3) is 0.455. The topological polar surface area (TPSA) is 331 Å². The van der Waals surface area contributed by atoms with Crippen LogP contribution in [0.25, 0.3) is 0 Å². The highest BCUT2D eigenvalue weighted by molar-refractivity contribution is 7.00. The van der Waals surface area contributed by atoms with Crippen molar-refractivity contribution in [2.24, 2.45) is 0 Å². The predicted molar refractivity (Wildman–Crippen MR) is 344 cm³/mol. The van der Waals surface area contributed by atoms with E-state index in [9.17, 15) is 40.9 Å². The molecule has 0 fully saturated rings. The van der Waals surface area contributed by atoms with Crippen LogP contribution < -0.4 is 31.1 Å². The number of hydrogen-bond acceptors (Lipinski definition) is 18. The van der Waals surface area contributed by atoms with Crippen molar-refractivity contribution in [3.8, 4) is 0 Å². The van der Waals surface area contributed by atoms with E-state index in [1.54, 1.807) is 0 Å². The molecule has 0 aliphatic rings. The van der Waals surface area contributed by atoms with Gasteiger partial charge in [-0.25, -0.2) is 0 Å². The average Bonchev–Trinajstić information content (AvgIpc) is 1.60. The van der Waals surface area contributed by atoms with Crippen LogP contribution in [0.5, 0.6) is 0 Å². The lowest BCUT2D eigenvalue weighted by Gasteiger charge is -2.44. The molecule has 0 spiro atoms. The Hall–Kier alpha value is -4.75. The molecule has 0 unspecified atom stereocenters. The van der Waals surface area contributed by atoms with Crippen LogP contribution in [0, 0.1) is 0 Å². The Labute approximate surface area is 515 Å². The molecule has 15 N–H and O–H groups in total. The normalized spacial score (nSPS) is 16.8. The summed E-state index contributed by atoms with van der Waals surface area (Å²) < 4.78 is 20.0. The first kappa shape index (κ1) is 74.7. The maximum absolute atomic E-state index is 11.2. The maximum atomic E-state index is 11.2. The molecule has 0 heterocycles. The summed E-state index contributed by atoms with van der Waals surface area (Å²) in [7, 11) is -8.87. The summed E-state index contributed by atoms with van der Waals surface area (Å²) in [5, 5.41) is 151. The summed E-state index contributed by atoms with van der Waals surface area (Å²) >= 11 is 0. The fourth-order valence-electron chi connectivity index (χ4n) is 10.9. The highest BCUT2D eigenvalue weighted by Gasteiger charge is 2.54. The van der Waals surface area contributed by atoms with Crippen LogP contribution in [0.1, 0.15) is 62.3 Å². The van der Waals surface area contributed by atoms with Gasteiger partial charge in [0.15, 0.2) is 0 Å². The van der Waals surface area contributed by atoms with Crippen molar-refractivity contribution in [1.82, 2.24) is 0 Å². The van der Waals surface area contributed by atoms with Crippen molar-refractivity contribution in [2.45, 2.75) is 151 Å². The molecule has 18 nitrogen and oxygen atoms in total. The lowest BCUT2D eigenvalue weighted by Crippen LogP contribution is -2.68. The van der Waals surface area contributed by atoms with Gasteiger partial charge < -0.3 is 89.9 Å². The first-order valence-corrected chi connectivity index (χ1v) is 34.9. The molecule has 0 radical (unpaired) electrons. The first-order valence-electron chi connectivity index (χ1n) is 29.2. The summed E-state index contributed by atoms with van der Waals surface area (Å²) in [5.41, 5.74) is 0. The van der Waals surface area contributed by atoms with Gasteiger partial charge in [0.05, 0.1) is 39.6 Å². The third-order valence-corrected chi connectivity index (χ3v) is 30.7. The zero-order valence-corrected chi connectivity index (χ0v) is 54.4. The lowest BCUT2D eigenvalue weighted by molar-refractivity contribution is -0.123. The minimum absolute atomic E-state index is 0.228. The van der Waals surface area contributed by atoms with E-state index in [0.29, 0.717) is 0 Å². The monoisotopic (exact) mass is 1260 g/mol. The van der Waals surface area contributed by atoms with Gasteiger partial charge in [0.25, 0.3) is 25.0 Å². The number of hydrogen-bond donors (Lipinski definition) is 15. The van der Waals surface area contributed by atoms with Gasteiger partial charge in [-0.15, -0.1) is 0 Å². The van der Waals surface area contributed by atoms with E-state index in [-0.39, 0.29) is 34.9 Å². The van der Waals surface area contributed by atoms with Crippen LogP contribution in [0.4, 0.5) is 0 Å². The molecule has 0 saturated carbocycles. The van der Waals surface area contributed by atoms with Gasteiger partial charge in [-0.2, -0.15) is 0 Å². The summed E-state index contributed by atoms with van der Waals surface area (Å²) in [5.74, 6) is 0. The first-order chi connectivity index (χ1) is 40.9. The molecule has 21 heteroatoms. The molecule has 87 heavy (non-hydrogen) atoms. The largest absolute Gasteiger partial charge is 0.405 e. The van der Waals surface area contributed by atoms with Crippen molar-refractivity contribution in [2.75, 3.05) is 39.6 Å². The van der Waals surface area contributed by atoms with Crippen LogP contribution in [0.15, 0.2) is 182 Å². The van der Waals surface area contributed by atoms with Gasteiger partial charge in [-0.3, -0.25) is 0 Å². The Morgan fingerprint density at radius 3 is 0.517 bits per heavy atom. The number of benzene rings is 6. The lowest BCUT2D eigenvalue weighted by atomic mass is 10.0. The quantitative estimate of drug-likeness (QED) is 0.0302. The van der Waals surface area contributed by atoms with Gasteiger partial charge in [-0.05, 0) is 46.2 Å². The molecule has 6 aromatic carbocycles. The van der Waals surface area contributed by atoms with E-state index < -0.39 is 118 Å².